The molecule has 0 atom stereocenters. The monoisotopic (exact) mass is 379 g/mol. The van der Waals surface area contributed by atoms with Crippen LogP contribution in [-0.4, -0.2) is 9.55 Å². The first-order valence-electron chi connectivity index (χ1n) is 9.02. The van der Waals surface area contributed by atoms with E-state index in [1.165, 1.54) is 5.56 Å². The number of anilines is 1. The maximum atomic E-state index is 12.2. The number of pyridine rings is 1. The number of nitrogens with one attached hydrogen (secondary N) is 1. The maximum Gasteiger partial charge on any atom is 0.268 e. The number of nitriles is 2. The third kappa shape index (κ3) is 3.13. The van der Waals surface area contributed by atoms with Gasteiger partial charge in [0.15, 0.2) is 0 Å². The van der Waals surface area contributed by atoms with Crippen molar-refractivity contribution in [3.8, 4) is 23.3 Å². The SMILES string of the molecule is Cc1ccc(Cn2ccc3ccc(-c4c(C#N)c(N)[nH]c(=O)c4C#N)cc32)cc1. The van der Waals surface area contributed by atoms with Gasteiger partial charge in [0.25, 0.3) is 5.56 Å². The van der Waals surface area contributed by atoms with Crippen LogP contribution < -0.4 is 11.3 Å². The minimum absolute atomic E-state index is 0.0402. The Morgan fingerprint density at radius 1 is 1.03 bits per heavy atom. The molecule has 0 aliphatic rings. The predicted molar refractivity (Wildman–Crippen MR) is 112 cm³/mol. The van der Waals surface area contributed by atoms with Crippen molar-refractivity contribution >= 4 is 16.7 Å². The summed E-state index contributed by atoms with van der Waals surface area (Å²) in [4.78, 5) is 14.6. The van der Waals surface area contributed by atoms with Gasteiger partial charge in [-0.25, -0.2) is 0 Å². The van der Waals surface area contributed by atoms with Crippen molar-refractivity contribution in [2.75, 3.05) is 5.73 Å². The smallest absolute Gasteiger partial charge is 0.268 e. The molecule has 0 aliphatic heterocycles. The van der Waals surface area contributed by atoms with Gasteiger partial charge in [-0.1, -0.05) is 42.0 Å². The molecule has 4 aromatic rings. The van der Waals surface area contributed by atoms with Gasteiger partial charge in [0.1, 0.15) is 29.1 Å². The highest BCUT2D eigenvalue weighted by Gasteiger charge is 2.18. The summed E-state index contributed by atoms with van der Waals surface area (Å²) in [6, 6.07) is 19.9. The molecule has 0 radical (unpaired) electrons. The first kappa shape index (κ1) is 18.1. The molecular weight excluding hydrogens is 362 g/mol. The van der Waals surface area contributed by atoms with Crippen LogP contribution in [0.25, 0.3) is 22.0 Å². The van der Waals surface area contributed by atoms with Gasteiger partial charge in [0.2, 0.25) is 0 Å². The van der Waals surface area contributed by atoms with E-state index < -0.39 is 5.56 Å². The number of nitrogens with zero attached hydrogens (tertiary/aromatic N) is 3. The van der Waals surface area contributed by atoms with E-state index in [1.54, 1.807) is 6.07 Å². The lowest BCUT2D eigenvalue weighted by Crippen LogP contribution is -2.16. The molecule has 4 rings (SSSR count). The third-order valence-corrected chi connectivity index (χ3v) is 5.00. The van der Waals surface area contributed by atoms with E-state index in [9.17, 15) is 15.3 Å². The van der Waals surface area contributed by atoms with Crippen LogP contribution in [0.5, 0.6) is 0 Å². The molecule has 0 aliphatic carbocycles. The average molecular weight is 379 g/mol. The fraction of sp³-hybridized carbons (Fsp3) is 0.0870. The highest BCUT2D eigenvalue weighted by Crippen LogP contribution is 2.31. The summed E-state index contributed by atoms with van der Waals surface area (Å²) in [6.07, 6.45) is 2.00. The molecular formula is C23H17N5O. The van der Waals surface area contributed by atoms with Gasteiger partial charge < -0.3 is 15.3 Å². The summed E-state index contributed by atoms with van der Waals surface area (Å²) in [7, 11) is 0. The Morgan fingerprint density at radius 2 is 1.76 bits per heavy atom. The normalized spacial score (nSPS) is 10.6. The Bertz CT molecular complexity index is 1380. The summed E-state index contributed by atoms with van der Waals surface area (Å²) < 4.78 is 2.10. The first-order chi connectivity index (χ1) is 14.0. The van der Waals surface area contributed by atoms with E-state index in [1.807, 2.05) is 43.5 Å². The summed E-state index contributed by atoms with van der Waals surface area (Å²) in [6.45, 7) is 2.73. The van der Waals surface area contributed by atoms with Crippen LogP contribution in [0.15, 0.2) is 59.5 Å². The second-order valence-corrected chi connectivity index (χ2v) is 6.92. The number of H-pyrrole nitrogens is 1. The molecule has 0 saturated carbocycles. The molecule has 6 nitrogen and oxygen atoms in total. The van der Waals surface area contributed by atoms with Crippen LogP contribution in [0.2, 0.25) is 0 Å². The van der Waals surface area contributed by atoms with Gasteiger partial charge in [-0.2, -0.15) is 10.5 Å². The topological polar surface area (TPSA) is 111 Å². The number of benzene rings is 2. The molecule has 2 aromatic heterocycles. The van der Waals surface area contributed by atoms with E-state index >= 15 is 0 Å². The zero-order valence-corrected chi connectivity index (χ0v) is 15.7. The Morgan fingerprint density at radius 3 is 2.45 bits per heavy atom. The van der Waals surface area contributed by atoms with Crippen LogP contribution in [0.3, 0.4) is 0 Å². The lowest BCUT2D eigenvalue weighted by atomic mass is 9.96. The van der Waals surface area contributed by atoms with Crippen LogP contribution in [-0.2, 0) is 6.54 Å². The number of nitrogen functional groups attached to an aromatic ring is 1. The molecule has 0 spiro atoms. The molecule has 2 aromatic carbocycles. The quantitative estimate of drug-likeness (QED) is 0.565. The van der Waals surface area contributed by atoms with Gasteiger partial charge in [0, 0.05) is 23.8 Å². The van der Waals surface area contributed by atoms with Gasteiger partial charge in [-0.05, 0) is 35.6 Å². The van der Waals surface area contributed by atoms with Crippen molar-refractivity contribution in [3.63, 3.8) is 0 Å². The number of nitrogens with two attached hydrogens (primary N) is 1. The molecule has 0 bridgehead atoms. The van der Waals surface area contributed by atoms with Crippen molar-refractivity contribution < 1.29 is 0 Å². The zero-order valence-electron chi connectivity index (χ0n) is 15.7. The lowest BCUT2D eigenvalue weighted by molar-refractivity contribution is 0.836. The Kier molecular flexibility index (Phi) is 4.38. The van der Waals surface area contributed by atoms with E-state index in [2.05, 4.69) is 33.8 Å². The summed E-state index contributed by atoms with van der Waals surface area (Å²) >= 11 is 0. The van der Waals surface area contributed by atoms with Gasteiger partial charge >= 0.3 is 0 Å². The zero-order chi connectivity index (χ0) is 20.5. The number of fused-ring (bicyclic) bond motifs is 1. The molecule has 0 saturated heterocycles. The fourth-order valence-corrected chi connectivity index (χ4v) is 3.50. The van der Waals surface area contributed by atoms with E-state index in [0.29, 0.717) is 12.1 Å². The molecule has 3 N–H and O–H groups in total. The van der Waals surface area contributed by atoms with Crippen LogP contribution in [0.1, 0.15) is 22.3 Å². The Labute approximate surface area is 167 Å². The van der Waals surface area contributed by atoms with E-state index in [4.69, 9.17) is 5.73 Å². The van der Waals surface area contributed by atoms with Gasteiger partial charge in [-0.15, -0.1) is 0 Å². The average Bonchev–Trinajstić information content (AvgIpc) is 3.11. The van der Waals surface area contributed by atoms with Crippen molar-refractivity contribution in [2.45, 2.75) is 13.5 Å². The van der Waals surface area contributed by atoms with Crippen molar-refractivity contribution in [3.05, 3.63) is 87.3 Å². The second kappa shape index (κ2) is 7.03. The van der Waals surface area contributed by atoms with Crippen LogP contribution >= 0.6 is 0 Å². The summed E-state index contributed by atoms with van der Waals surface area (Å²) in [5.74, 6) is -0.0402. The van der Waals surface area contributed by atoms with Crippen molar-refractivity contribution in [1.82, 2.24) is 9.55 Å². The first-order valence-corrected chi connectivity index (χ1v) is 9.02. The molecule has 140 valence electrons. The number of aromatic amines is 1. The van der Waals surface area contributed by atoms with Crippen molar-refractivity contribution in [2.24, 2.45) is 0 Å². The Hall–Kier alpha value is -4.29. The highest BCUT2D eigenvalue weighted by molar-refractivity contribution is 5.89. The minimum atomic E-state index is -0.603. The molecule has 0 unspecified atom stereocenters. The molecule has 0 fully saturated rings. The maximum absolute atomic E-state index is 12.2. The number of aryl methyl sites for hydroxylation is 1. The largest absolute Gasteiger partial charge is 0.384 e. The standard InChI is InChI=1S/C23H17N5O/c1-14-2-4-15(5-3-14)13-28-9-8-16-6-7-17(10-20(16)28)21-18(11-24)22(26)27-23(29)19(21)12-25/h2-10H,13H2,1H3,(H3,26,27,29). The van der Waals surface area contributed by atoms with Gasteiger partial charge in [0.05, 0.1) is 0 Å². The highest BCUT2D eigenvalue weighted by atomic mass is 16.1. The summed E-state index contributed by atoms with van der Waals surface area (Å²) in [5, 5.41) is 20.1. The minimum Gasteiger partial charge on any atom is -0.384 e. The third-order valence-electron chi connectivity index (χ3n) is 5.00. The molecule has 2 heterocycles. The summed E-state index contributed by atoms with van der Waals surface area (Å²) in [5.41, 5.74) is 9.38. The lowest BCUT2D eigenvalue weighted by Gasteiger charge is -2.11. The van der Waals surface area contributed by atoms with E-state index in [-0.39, 0.29) is 22.5 Å². The second-order valence-electron chi connectivity index (χ2n) is 6.92. The number of rotatable bonds is 3. The molecule has 0 amide bonds. The number of aromatic nitrogens is 2. The number of hydrogen-bond acceptors (Lipinski definition) is 4. The van der Waals surface area contributed by atoms with E-state index in [0.717, 1.165) is 16.5 Å². The van der Waals surface area contributed by atoms with Crippen molar-refractivity contribution in [1.29, 1.82) is 10.5 Å². The number of hydrogen-bond donors (Lipinski definition) is 2. The molecule has 6 heteroatoms. The van der Waals surface area contributed by atoms with Crippen LogP contribution in [0.4, 0.5) is 5.82 Å². The Balaban J connectivity index is 1.90. The molecule has 29 heavy (non-hydrogen) atoms. The fourth-order valence-electron chi connectivity index (χ4n) is 3.50. The van der Waals surface area contributed by atoms with Gasteiger partial charge in [-0.3, -0.25) is 4.79 Å². The predicted octanol–water partition coefficient (Wildman–Crippen LogP) is 3.68. The van der Waals surface area contributed by atoms with Crippen LogP contribution in [0, 0.1) is 29.6 Å².